The van der Waals surface area contributed by atoms with Crippen LogP contribution in [0.1, 0.15) is 10.4 Å². The van der Waals surface area contributed by atoms with Gasteiger partial charge >= 0.3 is 0 Å². The number of fused-ring (bicyclic) bond motifs is 1. The van der Waals surface area contributed by atoms with Crippen LogP contribution in [0.5, 0.6) is 11.5 Å². The number of halogens is 1. The first kappa shape index (κ1) is 9.91. The highest BCUT2D eigenvalue weighted by molar-refractivity contribution is 9.09. The fraction of sp³-hybridized carbons (Fsp3) is 0.125. The molecule has 0 bridgehead atoms. The average Bonchev–Trinajstić information content (AvgIpc) is 2.54. The Kier molecular flexibility index (Phi) is 2.31. The van der Waals surface area contributed by atoms with Crippen LogP contribution in [-0.2, 0) is 0 Å². The van der Waals surface area contributed by atoms with E-state index in [1.165, 1.54) is 12.1 Å². The van der Waals surface area contributed by atoms with E-state index in [4.69, 9.17) is 9.47 Å². The molecule has 0 N–H and O–H groups in total. The Morgan fingerprint density at radius 2 is 2.00 bits per heavy atom. The molecular weight excluding hydrogens is 270 g/mol. The van der Waals surface area contributed by atoms with Crippen molar-refractivity contribution in [2.24, 2.45) is 0 Å². The summed E-state index contributed by atoms with van der Waals surface area (Å²) in [5.41, 5.74) is -0.335. The lowest BCUT2D eigenvalue weighted by Crippen LogP contribution is -2.06. The number of aldehydes is 1. The third-order valence-corrected chi connectivity index (χ3v) is 2.23. The van der Waals surface area contributed by atoms with E-state index in [0.717, 1.165) is 0 Å². The van der Waals surface area contributed by atoms with Gasteiger partial charge in [-0.2, -0.15) is 0 Å². The summed E-state index contributed by atoms with van der Waals surface area (Å²) in [7, 11) is 0. The molecular formula is C8H4BrNO5. The monoisotopic (exact) mass is 273 g/mol. The Bertz CT molecular complexity index is 447. The van der Waals surface area contributed by atoms with Crippen molar-refractivity contribution in [3.63, 3.8) is 0 Å². The van der Waals surface area contributed by atoms with Crippen molar-refractivity contribution in [3.8, 4) is 11.5 Å². The lowest BCUT2D eigenvalue weighted by atomic mass is 10.2. The molecule has 1 aliphatic heterocycles. The van der Waals surface area contributed by atoms with Crippen LogP contribution in [0.2, 0.25) is 0 Å². The fourth-order valence-corrected chi connectivity index (χ4v) is 1.63. The molecule has 0 spiro atoms. The van der Waals surface area contributed by atoms with Gasteiger partial charge in [-0.1, -0.05) is 0 Å². The van der Waals surface area contributed by atoms with Crippen LogP contribution in [0.15, 0.2) is 12.1 Å². The molecule has 0 saturated carbocycles. The van der Waals surface area contributed by atoms with Gasteiger partial charge in [-0.3, -0.25) is 14.9 Å². The zero-order chi connectivity index (χ0) is 11.0. The molecule has 7 heteroatoms. The SMILES string of the molecule is O=Cc1cc2c(cc1[N+](=O)[O-])OC(Br)O2. The van der Waals surface area contributed by atoms with Crippen LogP contribution in [0.3, 0.4) is 0 Å². The average molecular weight is 274 g/mol. The van der Waals surface area contributed by atoms with E-state index in [2.05, 4.69) is 15.9 Å². The minimum Gasteiger partial charge on any atom is -0.441 e. The quantitative estimate of drug-likeness (QED) is 0.356. The van der Waals surface area contributed by atoms with E-state index in [9.17, 15) is 14.9 Å². The van der Waals surface area contributed by atoms with Crippen molar-refractivity contribution in [2.45, 2.75) is 5.20 Å². The van der Waals surface area contributed by atoms with Crippen molar-refractivity contribution < 1.29 is 19.2 Å². The number of alkyl halides is 1. The summed E-state index contributed by atoms with van der Waals surface area (Å²) in [5.74, 6) is 0.554. The Hall–Kier alpha value is -1.63. The van der Waals surface area contributed by atoms with Gasteiger partial charge in [-0.25, -0.2) is 0 Å². The number of hydrogen-bond acceptors (Lipinski definition) is 5. The molecule has 1 atom stereocenters. The summed E-state index contributed by atoms with van der Waals surface area (Å²) in [6.07, 6.45) is 0.406. The number of carbonyl (C=O) groups is 1. The highest BCUT2D eigenvalue weighted by Crippen LogP contribution is 2.40. The van der Waals surface area contributed by atoms with Gasteiger partial charge in [-0.15, -0.1) is 0 Å². The van der Waals surface area contributed by atoms with Gasteiger partial charge in [0, 0.05) is 22.0 Å². The third-order valence-electron chi connectivity index (χ3n) is 1.86. The van der Waals surface area contributed by atoms with Crippen molar-refractivity contribution in [3.05, 3.63) is 27.8 Å². The molecule has 0 aliphatic carbocycles. The van der Waals surface area contributed by atoms with E-state index in [1.807, 2.05) is 0 Å². The Morgan fingerprint density at radius 1 is 1.40 bits per heavy atom. The largest absolute Gasteiger partial charge is 0.441 e. The number of nitro groups is 1. The van der Waals surface area contributed by atoms with Gasteiger partial charge in [-0.05, 0) is 0 Å². The predicted octanol–water partition coefficient (Wildman–Crippen LogP) is 1.86. The topological polar surface area (TPSA) is 78.7 Å². The van der Waals surface area contributed by atoms with Crippen LogP contribution in [-0.4, -0.2) is 16.4 Å². The maximum absolute atomic E-state index is 10.6. The molecule has 15 heavy (non-hydrogen) atoms. The Morgan fingerprint density at radius 3 is 2.53 bits per heavy atom. The van der Waals surface area contributed by atoms with Gasteiger partial charge < -0.3 is 9.47 Å². The lowest BCUT2D eigenvalue weighted by Gasteiger charge is -1.98. The summed E-state index contributed by atoms with van der Waals surface area (Å²) in [4.78, 5) is 20.6. The van der Waals surface area contributed by atoms with E-state index < -0.39 is 10.1 Å². The molecule has 1 aromatic carbocycles. The number of carbonyl (C=O) groups excluding carboxylic acids is 1. The van der Waals surface area contributed by atoms with Crippen LogP contribution >= 0.6 is 15.9 Å². The molecule has 0 radical (unpaired) electrons. The first-order valence-corrected chi connectivity index (χ1v) is 4.78. The van der Waals surface area contributed by atoms with E-state index in [-0.39, 0.29) is 17.0 Å². The first-order valence-electron chi connectivity index (χ1n) is 3.87. The highest BCUT2D eigenvalue weighted by atomic mass is 79.9. The number of nitro benzene ring substituents is 1. The van der Waals surface area contributed by atoms with Gasteiger partial charge in [0.1, 0.15) is 0 Å². The van der Waals surface area contributed by atoms with Crippen molar-refractivity contribution in [1.29, 1.82) is 0 Å². The van der Waals surface area contributed by atoms with Crippen LogP contribution in [0.4, 0.5) is 5.69 Å². The van der Waals surface area contributed by atoms with Crippen molar-refractivity contribution in [2.75, 3.05) is 0 Å². The number of benzene rings is 1. The van der Waals surface area contributed by atoms with Gasteiger partial charge in [0.2, 0.25) is 0 Å². The second kappa shape index (κ2) is 3.50. The second-order valence-electron chi connectivity index (χ2n) is 2.74. The van der Waals surface area contributed by atoms with E-state index in [0.29, 0.717) is 12.0 Å². The zero-order valence-electron chi connectivity index (χ0n) is 7.18. The molecule has 0 saturated heterocycles. The van der Waals surface area contributed by atoms with Gasteiger partial charge in [0.15, 0.2) is 17.8 Å². The standard InChI is InChI=1S/C8H4BrNO5/c9-8-14-6-1-4(3-11)5(10(12)13)2-7(6)15-8/h1-3,8H. The van der Waals surface area contributed by atoms with Crippen LogP contribution in [0, 0.1) is 10.1 Å². The molecule has 1 aromatic rings. The number of hydrogen-bond donors (Lipinski definition) is 0. The maximum atomic E-state index is 10.6. The fourth-order valence-electron chi connectivity index (χ4n) is 1.23. The van der Waals surface area contributed by atoms with Crippen molar-refractivity contribution in [1.82, 2.24) is 0 Å². The summed E-state index contributed by atoms with van der Waals surface area (Å²) >= 11 is 3.02. The third kappa shape index (κ3) is 1.65. The Labute approximate surface area is 92.1 Å². The summed E-state index contributed by atoms with van der Waals surface area (Å²) in [5, 5.41) is 9.93. The molecule has 0 aromatic heterocycles. The number of nitrogens with zero attached hydrogens (tertiary/aromatic N) is 1. The molecule has 2 rings (SSSR count). The van der Waals surface area contributed by atoms with Gasteiger partial charge in [0.25, 0.3) is 10.9 Å². The normalized spacial score (nSPS) is 17.5. The number of ether oxygens (including phenoxy) is 2. The van der Waals surface area contributed by atoms with Gasteiger partial charge in [0.05, 0.1) is 16.6 Å². The molecule has 6 nitrogen and oxygen atoms in total. The minimum absolute atomic E-state index is 0.0380. The first-order chi connectivity index (χ1) is 7.11. The van der Waals surface area contributed by atoms with Crippen LogP contribution < -0.4 is 9.47 Å². The maximum Gasteiger partial charge on any atom is 0.298 e. The molecule has 1 unspecified atom stereocenters. The molecule has 78 valence electrons. The summed E-state index contributed by atoms with van der Waals surface area (Å²) < 4.78 is 10.2. The smallest absolute Gasteiger partial charge is 0.298 e. The Balaban J connectivity index is 2.55. The van der Waals surface area contributed by atoms with E-state index >= 15 is 0 Å². The molecule has 0 fully saturated rings. The summed E-state index contributed by atoms with van der Waals surface area (Å²) in [6.45, 7) is 0. The molecule has 0 amide bonds. The van der Waals surface area contributed by atoms with Crippen molar-refractivity contribution >= 4 is 27.9 Å². The molecule has 1 heterocycles. The van der Waals surface area contributed by atoms with Crippen LogP contribution in [0.25, 0.3) is 0 Å². The van der Waals surface area contributed by atoms with E-state index in [1.54, 1.807) is 0 Å². The minimum atomic E-state index is -0.672. The number of rotatable bonds is 2. The second-order valence-corrected chi connectivity index (χ2v) is 3.49. The zero-order valence-corrected chi connectivity index (χ0v) is 8.76. The highest BCUT2D eigenvalue weighted by Gasteiger charge is 2.27. The molecule has 1 aliphatic rings. The predicted molar refractivity (Wildman–Crippen MR) is 52.5 cm³/mol. The lowest BCUT2D eigenvalue weighted by molar-refractivity contribution is -0.385. The summed E-state index contributed by atoms with van der Waals surface area (Å²) in [6, 6.07) is 2.45.